The van der Waals surface area contributed by atoms with Gasteiger partial charge in [0.1, 0.15) is 17.0 Å². The molecule has 1 amide bonds. The largest absolute Gasteiger partial charge is 0.465 e. The van der Waals surface area contributed by atoms with Crippen molar-refractivity contribution in [2.24, 2.45) is 17.8 Å². The maximum atomic E-state index is 13.1. The Hall–Kier alpha value is -2.41. The molecule has 1 aliphatic carbocycles. The summed E-state index contributed by atoms with van der Waals surface area (Å²) in [5.41, 5.74) is 0. The standard InChI is InChI=1S/C28H40ClN3O8S/c1-4-39-26(33)23-14-21(30-41(36,37)25-9-7-6-8-22(25)29)17-31(23)15-18-10-11-19-16-32(28(35)38-3)24(13-20(19)12-18)27(34)40-5-2/h6-9,18-21,23-24,30H,4-5,10-17H2,1-3H3. The van der Waals surface area contributed by atoms with Crippen LogP contribution in [0.25, 0.3) is 0 Å². The van der Waals surface area contributed by atoms with Crippen LogP contribution in [0.2, 0.25) is 5.02 Å². The molecular formula is C28H40ClN3O8S. The molecule has 41 heavy (non-hydrogen) atoms. The zero-order valence-corrected chi connectivity index (χ0v) is 25.4. The Bertz CT molecular complexity index is 1210. The highest BCUT2D eigenvalue weighted by molar-refractivity contribution is 7.89. The molecular weight excluding hydrogens is 574 g/mol. The molecule has 6 atom stereocenters. The first-order valence-electron chi connectivity index (χ1n) is 14.3. The smallest absolute Gasteiger partial charge is 0.410 e. The Labute approximate surface area is 246 Å². The van der Waals surface area contributed by atoms with Crippen molar-refractivity contribution in [3.63, 3.8) is 0 Å². The second kappa shape index (κ2) is 13.7. The summed E-state index contributed by atoms with van der Waals surface area (Å²) in [4.78, 5) is 41.6. The summed E-state index contributed by atoms with van der Waals surface area (Å²) < 4.78 is 44.5. The third kappa shape index (κ3) is 7.33. The number of piperidine rings is 1. The number of ether oxygens (including phenoxy) is 3. The number of hydrogen-bond acceptors (Lipinski definition) is 9. The average molecular weight is 614 g/mol. The van der Waals surface area contributed by atoms with Crippen LogP contribution in [-0.4, -0.2) is 94.3 Å². The first-order chi connectivity index (χ1) is 19.6. The van der Waals surface area contributed by atoms with Gasteiger partial charge >= 0.3 is 18.0 Å². The minimum atomic E-state index is -3.89. The molecule has 2 saturated heterocycles. The van der Waals surface area contributed by atoms with Gasteiger partial charge in [-0.1, -0.05) is 23.7 Å². The molecule has 6 unspecified atom stereocenters. The Morgan fingerprint density at radius 2 is 1.63 bits per heavy atom. The fourth-order valence-electron chi connectivity index (χ4n) is 6.65. The second-order valence-electron chi connectivity index (χ2n) is 11.0. The lowest BCUT2D eigenvalue weighted by atomic mass is 9.69. The Morgan fingerprint density at radius 3 is 2.29 bits per heavy atom. The van der Waals surface area contributed by atoms with Crippen molar-refractivity contribution in [1.82, 2.24) is 14.5 Å². The molecule has 0 radical (unpaired) electrons. The summed E-state index contributed by atoms with van der Waals surface area (Å²) in [6.45, 7) is 5.35. The van der Waals surface area contributed by atoms with Crippen molar-refractivity contribution >= 4 is 39.7 Å². The van der Waals surface area contributed by atoms with E-state index in [4.69, 9.17) is 25.8 Å². The van der Waals surface area contributed by atoms with Crippen molar-refractivity contribution in [3.05, 3.63) is 29.3 Å². The molecule has 3 aliphatic rings. The number of sulfonamides is 1. The number of methoxy groups -OCH3 is 1. The van der Waals surface area contributed by atoms with Gasteiger partial charge in [-0.3, -0.25) is 14.6 Å². The van der Waals surface area contributed by atoms with Crippen LogP contribution in [0.5, 0.6) is 0 Å². The number of nitrogens with zero attached hydrogens (tertiary/aromatic N) is 2. The molecule has 1 aromatic rings. The summed E-state index contributed by atoms with van der Waals surface area (Å²) in [5, 5.41) is 0.132. The van der Waals surface area contributed by atoms with Gasteiger partial charge < -0.3 is 14.2 Å². The minimum Gasteiger partial charge on any atom is -0.465 e. The number of esters is 2. The normalized spacial score (nSPS) is 28.5. The number of amides is 1. The lowest BCUT2D eigenvalue weighted by Crippen LogP contribution is -2.55. The molecule has 1 N–H and O–H groups in total. The monoisotopic (exact) mass is 613 g/mol. The molecule has 0 spiro atoms. The molecule has 0 bridgehead atoms. The molecule has 4 rings (SSSR count). The fraction of sp³-hybridized carbons (Fsp3) is 0.679. The van der Waals surface area contributed by atoms with Gasteiger partial charge in [-0.25, -0.2) is 22.7 Å². The quantitative estimate of drug-likeness (QED) is 0.330. The van der Waals surface area contributed by atoms with E-state index in [0.29, 0.717) is 32.5 Å². The molecule has 3 fully saturated rings. The second-order valence-corrected chi connectivity index (χ2v) is 13.1. The molecule has 13 heteroatoms. The summed E-state index contributed by atoms with van der Waals surface area (Å²) in [5.74, 6) is -0.101. The number of fused-ring (bicyclic) bond motifs is 1. The van der Waals surface area contributed by atoms with Crippen LogP contribution in [0.4, 0.5) is 4.79 Å². The van der Waals surface area contributed by atoms with Crippen molar-refractivity contribution in [2.45, 2.75) is 69.0 Å². The highest BCUT2D eigenvalue weighted by Gasteiger charge is 2.46. The van der Waals surface area contributed by atoms with Crippen LogP contribution >= 0.6 is 11.6 Å². The number of nitrogens with one attached hydrogen (secondary N) is 1. The number of hydrogen-bond donors (Lipinski definition) is 1. The van der Waals surface area contributed by atoms with Gasteiger partial charge in [0.2, 0.25) is 10.0 Å². The molecule has 228 valence electrons. The molecule has 1 saturated carbocycles. The van der Waals surface area contributed by atoms with Gasteiger partial charge in [-0.2, -0.15) is 0 Å². The maximum Gasteiger partial charge on any atom is 0.410 e. The number of likely N-dealkylation sites (tertiary alicyclic amines) is 2. The minimum absolute atomic E-state index is 0.000532. The summed E-state index contributed by atoms with van der Waals surface area (Å²) in [6.07, 6.45) is 2.86. The molecule has 1 aromatic carbocycles. The van der Waals surface area contributed by atoms with E-state index in [9.17, 15) is 22.8 Å². The van der Waals surface area contributed by atoms with Gasteiger partial charge in [-0.15, -0.1) is 0 Å². The summed E-state index contributed by atoms with van der Waals surface area (Å²) in [6, 6.07) is 4.51. The molecule has 2 aliphatic heterocycles. The topological polar surface area (TPSA) is 132 Å². The van der Waals surface area contributed by atoms with Crippen LogP contribution in [0, 0.1) is 17.8 Å². The van der Waals surface area contributed by atoms with Crippen LogP contribution in [0.1, 0.15) is 46.0 Å². The molecule has 2 heterocycles. The number of carbonyl (C=O) groups excluding carboxylic acids is 3. The zero-order chi connectivity index (χ0) is 29.7. The van der Waals surface area contributed by atoms with Gasteiger partial charge in [0.05, 0.1) is 25.3 Å². The third-order valence-electron chi connectivity index (χ3n) is 8.45. The van der Waals surface area contributed by atoms with E-state index < -0.39 is 40.2 Å². The molecule has 11 nitrogen and oxygen atoms in total. The van der Waals surface area contributed by atoms with Crippen LogP contribution in [0.15, 0.2) is 29.2 Å². The maximum absolute atomic E-state index is 13.1. The van der Waals surface area contributed by atoms with Gasteiger partial charge in [-0.05, 0) is 75.8 Å². The van der Waals surface area contributed by atoms with E-state index in [1.165, 1.54) is 24.1 Å². The Kier molecular flexibility index (Phi) is 10.5. The van der Waals surface area contributed by atoms with Crippen molar-refractivity contribution in [1.29, 1.82) is 0 Å². The van der Waals surface area contributed by atoms with E-state index in [-0.39, 0.29) is 46.9 Å². The van der Waals surface area contributed by atoms with E-state index in [1.54, 1.807) is 26.0 Å². The summed E-state index contributed by atoms with van der Waals surface area (Å²) >= 11 is 6.15. The van der Waals surface area contributed by atoms with E-state index in [0.717, 1.165) is 19.3 Å². The number of halogens is 1. The SMILES string of the molecule is CCOC(=O)C1CC(NS(=O)(=O)c2ccccc2Cl)CN1CC1CCC2CN(C(=O)OC)C(C(=O)OCC)CC2C1. The van der Waals surface area contributed by atoms with E-state index in [2.05, 4.69) is 4.72 Å². The fourth-order valence-corrected chi connectivity index (χ4v) is 8.40. The first kappa shape index (κ1) is 31.5. The average Bonchev–Trinajstić information content (AvgIpc) is 3.33. The van der Waals surface area contributed by atoms with Crippen molar-refractivity contribution < 1.29 is 37.0 Å². The predicted octanol–water partition coefficient (Wildman–Crippen LogP) is 3.06. The van der Waals surface area contributed by atoms with Gasteiger partial charge in [0, 0.05) is 25.7 Å². The van der Waals surface area contributed by atoms with Crippen LogP contribution in [-0.2, 0) is 33.8 Å². The van der Waals surface area contributed by atoms with Gasteiger partial charge in [0.25, 0.3) is 0 Å². The number of rotatable bonds is 9. The van der Waals surface area contributed by atoms with E-state index >= 15 is 0 Å². The predicted molar refractivity (Wildman–Crippen MR) is 151 cm³/mol. The highest BCUT2D eigenvalue weighted by atomic mass is 35.5. The van der Waals surface area contributed by atoms with Crippen molar-refractivity contribution in [2.75, 3.05) is 40.0 Å². The number of carbonyl (C=O) groups is 3. The lowest BCUT2D eigenvalue weighted by molar-refractivity contribution is -0.153. The molecule has 0 aromatic heterocycles. The van der Waals surface area contributed by atoms with Crippen molar-refractivity contribution in [3.8, 4) is 0 Å². The number of benzene rings is 1. The van der Waals surface area contributed by atoms with Crippen LogP contribution < -0.4 is 4.72 Å². The van der Waals surface area contributed by atoms with Crippen LogP contribution in [0.3, 0.4) is 0 Å². The summed E-state index contributed by atoms with van der Waals surface area (Å²) in [7, 11) is -2.58. The Balaban J connectivity index is 1.45. The van der Waals surface area contributed by atoms with E-state index in [1.807, 2.05) is 4.90 Å². The van der Waals surface area contributed by atoms with Gasteiger partial charge in [0.15, 0.2) is 0 Å². The Morgan fingerprint density at radius 1 is 0.951 bits per heavy atom. The highest BCUT2D eigenvalue weighted by Crippen LogP contribution is 2.42. The lowest BCUT2D eigenvalue weighted by Gasteiger charge is -2.46. The zero-order valence-electron chi connectivity index (χ0n) is 23.8. The third-order valence-corrected chi connectivity index (χ3v) is 10.5. The first-order valence-corrected chi connectivity index (χ1v) is 16.1.